The number of nitrogens with zero attached hydrogens (tertiary/aromatic N) is 3. The Kier molecular flexibility index (Phi) is 7.38. The molecule has 110 valence electrons. The predicted molar refractivity (Wildman–Crippen MR) is 78.7 cm³/mol. The number of rotatable bonds is 6. The van der Waals surface area contributed by atoms with Crippen molar-refractivity contribution in [2.75, 3.05) is 33.9 Å². The molecule has 0 bridgehead atoms. The van der Waals surface area contributed by atoms with Gasteiger partial charge in [-0.2, -0.15) is 5.10 Å². The number of aromatic nitrogens is 2. The molecule has 19 heavy (non-hydrogen) atoms. The Hall–Kier alpha value is -0.620. The summed E-state index contributed by atoms with van der Waals surface area (Å²) in [7, 11) is 3.77. The second kappa shape index (κ2) is 8.53. The molecule has 2 rings (SSSR count). The SMILES string of the molecule is CNC1CCCN(Cc2cnn(CCOC)c2)C1.Cl. The fourth-order valence-electron chi connectivity index (χ4n) is 2.49. The third-order valence-electron chi connectivity index (χ3n) is 3.53. The molecule has 1 aliphatic heterocycles. The zero-order valence-corrected chi connectivity index (χ0v) is 12.7. The van der Waals surface area contributed by atoms with Crippen molar-refractivity contribution in [3.63, 3.8) is 0 Å². The van der Waals surface area contributed by atoms with Crippen LogP contribution in [0, 0.1) is 0 Å². The molecule has 0 saturated carbocycles. The van der Waals surface area contributed by atoms with E-state index in [9.17, 15) is 0 Å². The Balaban J connectivity index is 0.00000180. The van der Waals surface area contributed by atoms with Gasteiger partial charge in [-0.25, -0.2) is 0 Å². The molecule has 1 saturated heterocycles. The van der Waals surface area contributed by atoms with Gasteiger partial charge in [0.25, 0.3) is 0 Å². The lowest BCUT2D eigenvalue weighted by molar-refractivity contribution is 0.182. The van der Waals surface area contributed by atoms with Crippen LogP contribution in [0.4, 0.5) is 0 Å². The standard InChI is InChI=1S/C13H24N4O.ClH/c1-14-13-4-3-5-16(11-13)9-12-8-15-17(10-12)6-7-18-2;/h8,10,13-14H,3-7,9,11H2,1-2H3;1H. The molecule has 1 fully saturated rings. The molecule has 0 aliphatic carbocycles. The normalized spacial score (nSPS) is 20.2. The maximum atomic E-state index is 5.05. The summed E-state index contributed by atoms with van der Waals surface area (Å²) < 4.78 is 7.01. The van der Waals surface area contributed by atoms with Gasteiger partial charge in [0, 0.05) is 38.0 Å². The van der Waals surface area contributed by atoms with Crippen LogP contribution in [0.5, 0.6) is 0 Å². The van der Waals surface area contributed by atoms with Crippen LogP contribution in [0.25, 0.3) is 0 Å². The molecule has 0 radical (unpaired) electrons. The van der Waals surface area contributed by atoms with Crippen LogP contribution in [0.2, 0.25) is 0 Å². The first-order valence-electron chi connectivity index (χ1n) is 6.71. The molecule has 1 aromatic heterocycles. The molecule has 0 aromatic carbocycles. The highest BCUT2D eigenvalue weighted by molar-refractivity contribution is 5.85. The highest BCUT2D eigenvalue weighted by Crippen LogP contribution is 2.13. The molecule has 0 amide bonds. The molecule has 1 atom stereocenters. The van der Waals surface area contributed by atoms with E-state index in [4.69, 9.17) is 4.74 Å². The van der Waals surface area contributed by atoms with Crippen molar-refractivity contribution in [3.05, 3.63) is 18.0 Å². The molecule has 5 nitrogen and oxygen atoms in total. The van der Waals surface area contributed by atoms with E-state index >= 15 is 0 Å². The van der Waals surface area contributed by atoms with E-state index in [1.54, 1.807) is 7.11 Å². The Bertz CT molecular complexity index is 358. The summed E-state index contributed by atoms with van der Waals surface area (Å²) in [5.74, 6) is 0. The van der Waals surface area contributed by atoms with E-state index < -0.39 is 0 Å². The van der Waals surface area contributed by atoms with E-state index in [-0.39, 0.29) is 12.4 Å². The van der Waals surface area contributed by atoms with Gasteiger partial charge in [-0.05, 0) is 26.4 Å². The van der Waals surface area contributed by atoms with E-state index in [0.717, 1.165) is 19.6 Å². The summed E-state index contributed by atoms with van der Waals surface area (Å²) in [5, 5.41) is 7.73. The van der Waals surface area contributed by atoms with Crippen LogP contribution >= 0.6 is 12.4 Å². The Morgan fingerprint density at radius 1 is 1.53 bits per heavy atom. The topological polar surface area (TPSA) is 42.3 Å². The number of ether oxygens (including phenoxy) is 1. The second-order valence-electron chi connectivity index (χ2n) is 4.97. The molecular formula is C13H25ClN4O. The summed E-state index contributed by atoms with van der Waals surface area (Å²) in [6.45, 7) is 4.88. The van der Waals surface area contributed by atoms with Crippen LogP contribution in [0.15, 0.2) is 12.4 Å². The van der Waals surface area contributed by atoms with E-state index in [1.165, 1.54) is 24.9 Å². The van der Waals surface area contributed by atoms with E-state index in [1.807, 2.05) is 10.9 Å². The summed E-state index contributed by atoms with van der Waals surface area (Å²) in [6, 6.07) is 0.641. The zero-order chi connectivity index (χ0) is 12.8. The molecule has 1 aliphatic rings. The van der Waals surface area contributed by atoms with E-state index in [2.05, 4.69) is 28.6 Å². The minimum Gasteiger partial charge on any atom is -0.383 e. The first-order valence-corrected chi connectivity index (χ1v) is 6.71. The van der Waals surface area contributed by atoms with Crippen LogP contribution in [-0.4, -0.2) is 54.6 Å². The van der Waals surface area contributed by atoms with E-state index in [0.29, 0.717) is 12.6 Å². The third-order valence-corrected chi connectivity index (χ3v) is 3.53. The lowest BCUT2D eigenvalue weighted by Crippen LogP contribution is -2.43. The molecule has 1 unspecified atom stereocenters. The second-order valence-corrected chi connectivity index (χ2v) is 4.97. The summed E-state index contributed by atoms with van der Waals surface area (Å²) >= 11 is 0. The maximum Gasteiger partial charge on any atom is 0.0658 e. The number of halogens is 1. The highest BCUT2D eigenvalue weighted by atomic mass is 35.5. The van der Waals surface area contributed by atoms with Crippen molar-refractivity contribution in [2.45, 2.75) is 32.0 Å². The quantitative estimate of drug-likeness (QED) is 0.852. The summed E-state index contributed by atoms with van der Waals surface area (Å²) in [5.41, 5.74) is 1.29. The summed E-state index contributed by atoms with van der Waals surface area (Å²) in [4.78, 5) is 2.50. The number of piperidine rings is 1. The molecular weight excluding hydrogens is 264 g/mol. The van der Waals surface area contributed by atoms with Gasteiger partial charge in [0.15, 0.2) is 0 Å². The van der Waals surface area contributed by atoms with Crippen molar-refractivity contribution in [2.24, 2.45) is 0 Å². The fourth-order valence-corrected chi connectivity index (χ4v) is 2.49. The first kappa shape index (κ1) is 16.4. The molecule has 1 aromatic rings. The van der Waals surface area contributed by atoms with Crippen molar-refractivity contribution in [1.29, 1.82) is 0 Å². The average molecular weight is 289 g/mol. The lowest BCUT2D eigenvalue weighted by Gasteiger charge is -2.32. The first-order chi connectivity index (χ1) is 8.81. The lowest BCUT2D eigenvalue weighted by atomic mass is 10.1. The minimum atomic E-state index is 0. The Labute approximate surface area is 121 Å². The highest BCUT2D eigenvalue weighted by Gasteiger charge is 2.18. The van der Waals surface area contributed by atoms with Crippen molar-refractivity contribution in [3.8, 4) is 0 Å². The van der Waals surface area contributed by atoms with Crippen molar-refractivity contribution >= 4 is 12.4 Å². The van der Waals surface area contributed by atoms with Gasteiger partial charge >= 0.3 is 0 Å². The molecule has 1 N–H and O–H groups in total. The molecule has 0 spiro atoms. The van der Waals surface area contributed by atoms with Crippen LogP contribution < -0.4 is 5.32 Å². The van der Waals surface area contributed by atoms with Gasteiger partial charge in [-0.3, -0.25) is 9.58 Å². The van der Waals surface area contributed by atoms with Crippen LogP contribution in [0.3, 0.4) is 0 Å². The molecule has 6 heteroatoms. The minimum absolute atomic E-state index is 0. The third kappa shape index (κ3) is 5.10. The van der Waals surface area contributed by atoms with Gasteiger partial charge in [0.1, 0.15) is 0 Å². The predicted octanol–water partition coefficient (Wildman–Crippen LogP) is 1.14. The number of hydrogen-bond acceptors (Lipinski definition) is 4. The maximum absolute atomic E-state index is 5.05. The smallest absolute Gasteiger partial charge is 0.0658 e. The number of likely N-dealkylation sites (tertiary alicyclic amines) is 1. The van der Waals surface area contributed by atoms with Gasteiger partial charge in [0.2, 0.25) is 0 Å². The van der Waals surface area contributed by atoms with Crippen LogP contribution in [-0.2, 0) is 17.8 Å². The van der Waals surface area contributed by atoms with Crippen LogP contribution in [0.1, 0.15) is 18.4 Å². The number of hydrogen-bond donors (Lipinski definition) is 1. The van der Waals surface area contributed by atoms with Gasteiger partial charge in [-0.1, -0.05) is 0 Å². The Morgan fingerprint density at radius 2 is 2.37 bits per heavy atom. The Morgan fingerprint density at radius 3 is 3.11 bits per heavy atom. The molecule has 2 heterocycles. The number of likely N-dealkylation sites (N-methyl/N-ethyl adjacent to an activating group) is 1. The average Bonchev–Trinajstić information content (AvgIpc) is 2.84. The number of nitrogens with one attached hydrogen (secondary N) is 1. The fraction of sp³-hybridized carbons (Fsp3) is 0.769. The number of methoxy groups -OCH3 is 1. The monoisotopic (exact) mass is 288 g/mol. The van der Waals surface area contributed by atoms with Gasteiger partial charge < -0.3 is 10.1 Å². The largest absolute Gasteiger partial charge is 0.383 e. The zero-order valence-electron chi connectivity index (χ0n) is 11.8. The van der Waals surface area contributed by atoms with Crippen molar-refractivity contribution in [1.82, 2.24) is 20.0 Å². The van der Waals surface area contributed by atoms with Gasteiger partial charge in [0.05, 0.1) is 19.3 Å². The van der Waals surface area contributed by atoms with Crippen molar-refractivity contribution < 1.29 is 4.74 Å². The summed E-state index contributed by atoms with van der Waals surface area (Å²) in [6.07, 6.45) is 6.67. The van der Waals surface area contributed by atoms with Gasteiger partial charge in [-0.15, -0.1) is 12.4 Å².